The number of amides is 1. The smallest absolute Gasteiger partial charge is 0.244 e. The largest absolute Gasteiger partial charge is 0.353 e. The number of carbonyl (C=O) groups is 1. The molecular formula is C26H35N5O. The highest BCUT2D eigenvalue weighted by atomic mass is 16.2. The summed E-state index contributed by atoms with van der Waals surface area (Å²) in [6, 6.07) is 14.5. The third-order valence-electron chi connectivity index (χ3n) is 5.68. The number of nitrogens with zero attached hydrogens (tertiary/aromatic N) is 5. The van der Waals surface area contributed by atoms with Gasteiger partial charge in [0.1, 0.15) is 12.4 Å². The van der Waals surface area contributed by atoms with Crippen LogP contribution in [0, 0.1) is 13.8 Å². The number of rotatable bonds is 5. The first-order valence-electron chi connectivity index (χ1n) is 11.6. The summed E-state index contributed by atoms with van der Waals surface area (Å²) in [4.78, 5) is 21.6. The van der Waals surface area contributed by atoms with Crippen LogP contribution in [0.4, 0.5) is 5.82 Å². The fraction of sp³-hybridized carbons (Fsp3) is 0.423. The van der Waals surface area contributed by atoms with Crippen molar-refractivity contribution in [2.75, 3.05) is 31.1 Å². The first-order chi connectivity index (χ1) is 15.5. The molecule has 0 unspecified atom stereocenters. The molecule has 2 aromatic heterocycles. The number of piperazine rings is 1. The minimum atomic E-state index is 0.125. The summed E-state index contributed by atoms with van der Waals surface area (Å²) >= 11 is 0. The van der Waals surface area contributed by atoms with Crippen LogP contribution in [-0.4, -0.2) is 51.8 Å². The van der Waals surface area contributed by atoms with E-state index in [1.165, 1.54) is 11.1 Å². The van der Waals surface area contributed by atoms with Gasteiger partial charge in [0, 0.05) is 43.6 Å². The number of anilines is 1. The Bertz CT molecular complexity index is 1030. The predicted octanol–water partition coefficient (Wildman–Crippen LogP) is 4.50. The van der Waals surface area contributed by atoms with E-state index in [-0.39, 0.29) is 12.5 Å². The van der Waals surface area contributed by atoms with Crippen molar-refractivity contribution in [2.24, 2.45) is 0 Å². The fourth-order valence-electron chi connectivity index (χ4n) is 3.93. The maximum atomic E-state index is 13.0. The van der Waals surface area contributed by atoms with Crippen LogP contribution >= 0.6 is 0 Å². The summed E-state index contributed by atoms with van der Waals surface area (Å²) in [5, 5.41) is 4.75. The van der Waals surface area contributed by atoms with Gasteiger partial charge in [-0.1, -0.05) is 44.5 Å². The third kappa shape index (κ3) is 5.55. The molecule has 1 amide bonds. The van der Waals surface area contributed by atoms with E-state index in [2.05, 4.69) is 61.0 Å². The van der Waals surface area contributed by atoms with Crippen LogP contribution in [0.15, 0.2) is 48.7 Å². The monoisotopic (exact) mass is 433 g/mol. The molecule has 3 aromatic rings. The second-order valence-corrected chi connectivity index (χ2v) is 7.96. The predicted molar refractivity (Wildman–Crippen MR) is 131 cm³/mol. The van der Waals surface area contributed by atoms with Crippen LogP contribution in [0.5, 0.6) is 0 Å². The number of aromatic nitrogens is 3. The fourth-order valence-corrected chi connectivity index (χ4v) is 3.93. The Labute approximate surface area is 191 Å². The molecule has 1 aliphatic rings. The van der Waals surface area contributed by atoms with Crippen molar-refractivity contribution in [3.8, 4) is 11.3 Å². The molecule has 1 fully saturated rings. The Kier molecular flexibility index (Phi) is 8.03. The number of hydrogen-bond donors (Lipinski definition) is 0. The molecule has 0 saturated carbocycles. The Balaban J connectivity index is 0.00000141. The SMILES string of the molecule is CC.CCc1cc(-c2cccc(C)c2)nn1CC(=O)N1CCN(c2cc(C)ccn2)CC1. The zero-order chi connectivity index (χ0) is 23.1. The van der Waals surface area contributed by atoms with Crippen molar-refractivity contribution in [1.82, 2.24) is 19.7 Å². The lowest BCUT2D eigenvalue weighted by Crippen LogP contribution is -2.50. The van der Waals surface area contributed by atoms with Gasteiger partial charge < -0.3 is 9.80 Å². The molecule has 0 N–H and O–H groups in total. The van der Waals surface area contributed by atoms with Crippen LogP contribution in [0.1, 0.15) is 37.6 Å². The van der Waals surface area contributed by atoms with E-state index in [0.717, 1.165) is 42.3 Å². The lowest BCUT2D eigenvalue weighted by Gasteiger charge is -2.35. The van der Waals surface area contributed by atoms with Gasteiger partial charge in [0.05, 0.1) is 5.69 Å². The molecule has 0 bridgehead atoms. The minimum Gasteiger partial charge on any atom is -0.353 e. The molecule has 0 radical (unpaired) electrons. The van der Waals surface area contributed by atoms with Gasteiger partial charge in [0.15, 0.2) is 0 Å². The van der Waals surface area contributed by atoms with E-state index < -0.39 is 0 Å². The van der Waals surface area contributed by atoms with Crippen molar-refractivity contribution in [3.05, 3.63) is 65.5 Å². The van der Waals surface area contributed by atoms with Crippen LogP contribution in [0.2, 0.25) is 0 Å². The Morgan fingerprint density at radius 2 is 1.69 bits per heavy atom. The summed E-state index contributed by atoms with van der Waals surface area (Å²) in [6.45, 7) is 13.6. The molecule has 6 nitrogen and oxygen atoms in total. The van der Waals surface area contributed by atoms with E-state index in [1.807, 2.05) is 41.8 Å². The van der Waals surface area contributed by atoms with Gasteiger partial charge in [0.25, 0.3) is 0 Å². The van der Waals surface area contributed by atoms with Crippen LogP contribution in [-0.2, 0) is 17.8 Å². The number of hydrogen-bond acceptors (Lipinski definition) is 4. The number of benzene rings is 1. The maximum absolute atomic E-state index is 13.0. The Morgan fingerprint density at radius 1 is 0.969 bits per heavy atom. The second kappa shape index (κ2) is 10.9. The van der Waals surface area contributed by atoms with E-state index in [0.29, 0.717) is 13.1 Å². The molecule has 0 atom stereocenters. The summed E-state index contributed by atoms with van der Waals surface area (Å²) in [5.74, 6) is 1.12. The summed E-state index contributed by atoms with van der Waals surface area (Å²) in [5.41, 5.74) is 5.52. The van der Waals surface area contributed by atoms with Crippen molar-refractivity contribution in [3.63, 3.8) is 0 Å². The van der Waals surface area contributed by atoms with Crippen molar-refractivity contribution >= 4 is 11.7 Å². The van der Waals surface area contributed by atoms with E-state index in [4.69, 9.17) is 5.10 Å². The summed E-state index contributed by atoms with van der Waals surface area (Å²) < 4.78 is 1.87. The first-order valence-corrected chi connectivity index (χ1v) is 11.6. The molecule has 4 rings (SSSR count). The number of pyridine rings is 1. The molecule has 32 heavy (non-hydrogen) atoms. The molecule has 6 heteroatoms. The highest BCUT2D eigenvalue weighted by Crippen LogP contribution is 2.21. The first kappa shape index (κ1) is 23.5. The normalized spacial score (nSPS) is 13.5. The van der Waals surface area contributed by atoms with Gasteiger partial charge in [0.2, 0.25) is 5.91 Å². The summed E-state index contributed by atoms with van der Waals surface area (Å²) in [7, 11) is 0. The van der Waals surface area contributed by atoms with Crippen LogP contribution in [0.3, 0.4) is 0 Å². The minimum absolute atomic E-state index is 0.125. The lowest BCUT2D eigenvalue weighted by atomic mass is 10.1. The highest BCUT2D eigenvalue weighted by molar-refractivity contribution is 5.76. The molecular weight excluding hydrogens is 398 g/mol. The average molecular weight is 434 g/mol. The zero-order valence-corrected chi connectivity index (χ0v) is 20.0. The van der Waals surface area contributed by atoms with Crippen LogP contribution in [0.25, 0.3) is 11.3 Å². The van der Waals surface area contributed by atoms with Gasteiger partial charge >= 0.3 is 0 Å². The molecule has 0 spiro atoms. The van der Waals surface area contributed by atoms with E-state index in [9.17, 15) is 4.79 Å². The van der Waals surface area contributed by atoms with E-state index in [1.54, 1.807) is 0 Å². The topological polar surface area (TPSA) is 54.3 Å². The van der Waals surface area contributed by atoms with Gasteiger partial charge in [-0.25, -0.2) is 4.98 Å². The standard InChI is InChI=1S/C24H29N5O.C2H6/c1-4-21-16-22(20-7-5-6-18(2)14-20)26-29(21)17-24(30)28-12-10-27(11-13-28)23-15-19(3)8-9-25-23;1-2/h5-9,14-16H,4,10-13,17H2,1-3H3;1-2H3. The second-order valence-electron chi connectivity index (χ2n) is 7.96. The van der Waals surface area contributed by atoms with E-state index >= 15 is 0 Å². The van der Waals surface area contributed by atoms with Crippen molar-refractivity contribution < 1.29 is 4.79 Å². The molecule has 0 aliphatic carbocycles. The number of carbonyl (C=O) groups excluding carboxylic acids is 1. The van der Waals surface area contributed by atoms with Crippen molar-refractivity contribution in [1.29, 1.82) is 0 Å². The third-order valence-corrected chi connectivity index (χ3v) is 5.68. The zero-order valence-electron chi connectivity index (χ0n) is 20.0. The molecule has 3 heterocycles. The van der Waals surface area contributed by atoms with Crippen molar-refractivity contribution in [2.45, 2.75) is 47.6 Å². The lowest BCUT2D eigenvalue weighted by molar-refractivity contribution is -0.132. The van der Waals surface area contributed by atoms with Gasteiger partial charge in [-0.15, -0.1) is 0 Å². The quantitative estimate of drug-likeness (QED) is 0.595. The average Bonchev–Trinajstić information content (AvgIpc) is 3.23. The summed E-state index contributed by atoms with van der Waals surface area (Å²) in [6.07, 6.45) is 2.69. The molecule has 1 aliphatic heterocycles. The Hall–Kier alpha value is -3.15. The van der Waals surface area contributed by atoms with Crippen LogP contribution < -0.4 is 4.90 Å². The number of aryl methyl sites for hydroxylation is 3. The molecule has 1 aromatic carbocycles. The van der Waals surface area contributed by atoms with Gasteiger partial charge in [-0.05, 0) is 50.1 Å². The highest BCUT2D eigenvalue weighted by Gasteiger charge is 2.23. The maximum Gasteiger partial charge on any atom is 0.244 e. The Morgan fingerprint density at radius 3 is 2.34 bits per heavy atom. The van der Waals surface area contributed by atoms with Gasteiger partial charge in [-0.3, -0.25) is 9.48 Å². The van der Waals surface area contributed by atoms with Gasteiger partial charge in [-0.2, -0.15) is 5.10 Å². The molecule has 1 saturated heterocycles. The molecule has 170 valence electrons.